The summed E-state index contributed by atoms with van der Waals surface area (Å²) < 4.78 is 15.8. The van der Waals surface area contributed by atoms with Gasteiger partial charge >= 0.3 is 5.97 Å². The van der Waals surface area contributed by atoms with Crippen LogP contribution in [0.3, 0.4) is 0 Å². The molecule has 0 aliphatic carbocycles. The lowest BCUT2D eigenvalue weighted by atomic mass is 9.95. The maximum Gasteiger partial charge on any atom is 0.350 e. The highest BCUT2D eigenvalue weighted by Gasteiger charge is 2.46. The summed E-state index contributed by atoms with van der Waals surface area (Å²) >= 11 is 0.944. The van der Waals surface area contributed by atoms with Crippen molar-refractivity contribution < 1.29 is 33.4 Å². The number of hydrogen-bond donors (Lipinski definition) is 1. The van der Waals surface area contributed by atoms with Crippen LogP contribution < -0.4 is 9.64 Å². The van der Waals surface area contributed by atoms with Crippen molar-refractivity contribution in [1.82, 2.24) is 4.98 Å². The molecule has 0 radical (unpaired) electrons. The predicted molar refractivity (Wildman–Crippen MR) is 128 cm³/mol. The van der Waals surface area contributed by atoms with Gasteiger partial charge in [0.15, 0.2) is 16.7 Å². The summed E-state index contributed by atoms with van der Waals surface area (Å²) in [5.74, 6) is -2.10. The topological polar surface area (TPSA) is 119 Å². The van der Waals surface area contributed by atoms with Gasteiger partial charge in [-0.2, -0.15) is 0 Å². The summed E-state index contributed by atoms with van der Waals surface area (Å²) in [6.07, 6.45) is 3.25. The fraction of sp³-hybridized carbons (Fsp3) is 0.280. The molecule has 0 spiro atoms. The van der Waals surface area contributed by atoms with E-state index in [0.717, 1.165) is 24.2 Å². The first-order valence-electron chi connectivity index (χ1n) is 11.0. The molecule has 1 amide bonds. The molecule has 9 nitrogen and oxygen atoms in total. The molecule has 35 heavy (non-hydrogen) atoms. The Bertz CT molecular complexity index is 1280. The van der Waals surface area contributed by atoms with E-state index in [9.17, 15) is 19.5 Å². The molecule has 3 aromatic rings. The van der Waals surface area contributed by atoms with Gasteiger partial charge in [-0.1, -0.05) is 36.8 Å². The Morgan fingerprint density at radius 1 is 1.23 bits per heavy atom. The zero-order chi connectivity index (χ0) is 25.1. The van der Waals surface area contributed by atoms with Crippen molar-refractivity contribution in [2.45, 2.75) is 32.7 Å². The largest absolute Gasteiger partial charge is 0.503 e. The van der Waals surface area contributed by atoms with Crippen LogP contribution in [-0.2, 0) is 9.53 Å². The van der Waals surface area contributed by atoms with Gasteiger partial charge in [0.2, 0.25) is 5.78 Å². The number of unbranched alkanes of at least 4 members (excludes halogenated alkanes) is 1. The number of benzene rings is 1. The summed E-state index contributed by atoms with van der Waals surface area (Å²) in [4.78, 5) is 44.5. The standard InChI is InChI=1S/C25H24N2O7S/c1-4-5-12-33-16-10-8-15(9-11-16)19-18(20(28)17-7-6-13-34-17)21(29)23(30)27(19)25-26-14(2)22(35-25)24(31)32-3/h6-11,13,19,29H,4-5,12H2,1-3H3/t19-/m1/s1. The van der Waals surface area contributed by atoms with Crippen molar-refractivity contribution in [3.05, 3.63) is 75.9 Å². The molecule has 1 aliphatic rings. The second-order valence-electron chi connectivity index (χ2n) is 7.82. The monoisotopic (exact) mass is 496 g/mol. The van der Waals surface area contributed by atoms with Gasteiger partial charge in [-0.3, -0.25) is 14.5 Å². The van der Waals surface area contributed by atoms with Gasteiger partial charge in [0.1, 0.15) is 10.6 Å². The zero-order valence-corrected chi connectivity index (χ0v) is 20.3. The number of thiazole rings is 1. The number of methoxy groups -OCH3 is 1. The SMILES string of the molecule is CCCCOc1ccc([C@@H]2C(C(=O)c3ccco3)=C(O)C(=O)N2c2nc(C)c(C(=O)OC)s2)cc1. The molecular formula is C25H24N2O7S. The van der Waals surface area contributed by atoms with E-state index in [1.807, 2.05) is 0 Å². The Morgan fingerprint density at radius 3 is 2.60 bits per heavy atom. The van der Waals surface area contributed by atoms with Crippen molar-refractivity contribution in [3.8, 4) is 5.75 Å². The Labute approximate surface area is 205 Å². The van der Waals surface area contributed by atoms with Crippen LogP contribution in [0.1, 0.15) is 57.3 Å². The van der Waals surface area contributed by atoms with Crippen LogP contribution in [0, 0.1) is 6.92 Å². The Balaban J connectivity index is 1.78. The number of carbonyl (C=O) groups is 3. The molecule has 3 heterocycles. The smallest absolute Gasteiger partial charge is 0.350 e. The summed E-state index contributed by atoms with van der Waals surface area (Å²) in [5.41, 5.74) is 0.776. The lowest BCUT2D eigenvalue weighted by molar-refractivity contribution is -0.117. The highest BCUT2D eigenvalue weighted by atomic mass is 32.1. The molecule has 0 unspecified atom stereocenters. The molecule has 0 fully saturated rings. The molecule has 4 rings (SSSR count). The number of ether oxygens (including phenoxy) is 2. The third kappa shape index (κ3) is 4.57. The van der Waals surface area contributed by atoms with E-state index in [1.54, 1.807) is 37.3 Å². The molecule has 1 aromatic carbocycles. The average Bonchev–Trinajstić information content (AvgIpc) is 3.58. The number of amides is 1. The number of aliphatic hydroxyl groups excluding tert-OH is 1. The van der Waals surface area contributed by atoms with Crippen LogP contribution in [0.2, 0.25) is 0 Å². The van der Waals surface area contributed by atoms with Crippen molar-refractivity contribution in [1.29, 1.82) is 0 Å². The van der Waals surface area contributed by atoms with Gasteiger partial charge in [0.05, 0.1) is 37.3 Å². The van der Waals surface area contributed by atoms with Gasteiger partial charge in [-0.15, -0.1) is 0 Å². The van der Waals surface area contributed by atoms with Crippen LogP contribution in [0.15, 0.2) is 58.4 Å². The van der Waals surface area contributed by atoms with Crippen LogP contribution in [0.5, 0.6) is 5.75 Å². The van der Waals surface area contributed by atoms with Gasteiger partial charge in [0, 0.05) is 0 Å². The lowest BCUT2D eigenvalue weighted by Gasteiger charge is -2.24. The van der Waals surface area contributed by atoms with Gasteiger partial charge in [0.25, 0.3) is 5.91 Å². The van der Waals surface area contributed by atoms with Crippen molar-refractivity contribution in [2.75, 3.05) is 18.6 Å². The van der Waals surface area contributed by atoms with E-state index in [0.29, 0.717) is 23.6 Å². The van der Waals surface area contributed by atoms with Crippen molar-refractivity contribution in [3.63, 3.8) is 0 Å². The molecule has 0 bridgehead atoms. The summed E-state index contributed by atoms with van der Waals surface area (Å²) in [6.45, 7) is 4.26. The number of furan rings is 1. The van der Waals surface area contributed by atoms with Crippen LogP contribution in [0.4, 0.5) is 5.13 Å². The minimum absolute atomic E-state index is 0.0173. The van der Waals surface area contributed by atoms with E-state index >= 15 is 0 Å². The third-order valence-electron chi connectivity index (χ3n) is 5.52. The van der Waals surface area contributed by atoms with Crippen LogP contribution >= 0.6 is 11.3 Å². The molecule has 2 aromatic heterocycles. The number of nitrogens with zero attached hydrogens (tertiary/aromatic N) is 2. The quantitative estimate of drug-likeness (QED) is 0.255. The Kier molecular flexibility index (Phi) is 7.02. The Hall–Kier alpha value is -3.92. The molecule has 182 valence electrons. The van der Waals surface area contributed by atoms with E-state index < -0.39 is 29.5 Å². The predicted octanol–water partition coefficient (Wildman–Crippen LogP) is 4.79. The molecule has 0 saturated carbocycles. The number of ketones is 1. The highest BCUT2D eigenvalue weighted by molar-refractivity contribution is 7.17. The first-order valence-corrected chi connectivity index (χ1v) is 11.8. The number of Topliss-reactive ketones (excluding diaryl/α,β-unsaturated/α-hetero) is 1. The minimum atomic E-state index is -0.999. The second kappa shape index (κ2) is 10.1. The molecule has 1 aliphatic heterocycles. The third-order valence-corrected chi connectivity index (χ3v) is 6.66. The number of rotatable bonds is 9. The summed E-state index contributed by atoms with van der Waals surface area (Å²) in [5, 5.41) is 11.0. The molecule has 0 saturated heterocycles. The molecule has 1 N–H and O–H groups in total. The zero-order valence-electron chi connectivity index (χ0n) is 19.4. The van der Waals surface area contributed by atoms with E-state index in [4.69, 9.17) is 13.9 Å². The normalized spacial score (nSPS) is 15.6. The van der Waals surface area contributed by atoms with Crippen molar-refractivity contribution >= 4 is 34.1 Å². The van der Waals surface area contributed by atoms with Gasteiger partial charge in [-0.25, -0.2) is 9.78 Å². The first kappa shape index (κ1) is 24.2. The number of hydrogen-bond acceptors (Lipinski definition) is 9. The van der Waals surface area contributed by atoms with Gasteiger partial charge in [-0.05, 0) is 43.2 Å². The summed E-state index contributed by atoms with van der Waals surface area (Å²) in [7, 11) is 1.25. The number of aryl methyl sites for hydroxylation is 1. The van der Waals surface area contributed by atoms with E-state index in [-0.39, 0.29) is 21.3 Å². The van der Waals surface area contributed by atoms with Crippen molar-refractivity contribution in [2.24, 2.45) is 0 Å². The number of carbonyl (C=O) groups excluding carboxylic acids is 3. The number of anilines is 1. The average molecular weight is 497 g/mol. The summed E-state index contributed by atoms with van der Waals surface area (Å²) in [6, 6.07) is 8.94. The fourth-order valence-corrected chi connectivity index (χ4v) is 4.75. The van der Waals surface area contributed by atoms with E-state index in [2.05, 4.69) is 11.9 Å². The molecule has 10 heteroatoms. The Morgan fingerprint density at radius 2 is 1.97 bits per heavy atom. The molecular weight excluding hydrogens is 472 g/mol. The molecule has 1 atom stereocenters. The first-order chi connectivity index (χ1) is 16.9. The highest BCUT2D eigenvalue weighted by Crippen LogP contribution is 2.44. The maximum absolute atomic E-state index is 13.3. The van der Waals surface area contributed by atoms with Crippen LogP contribution in [-0.4, -0.2) is 41.5 Å². The number of aromatic nitrogens is 1. The fourth-order valence-electron chi connectivity index (χ4n) is 3.74. The lowest BCUT2D eigenvalue weighted by Crippen LogP contribution is -2.31. The van der Waals surface area contributed by atoms with E-state index in [1.165, 1.54) is 24.3 Å². The number of esters is 1. The van der Waals surface area contributed by atoms with Gasteiger partial charge < -0.3 is 19.0 Å². The number of aliphatic hydroxyl groups is 1. The van der Waals surface area contributed by atoms with Crippen LogP contribution in [0.25, 0.3) is 0 Å². The minimum Gasteiger partial charge on any atom is -0.503 e. The maximum atomic E-state index is 13.3. The second-order valence-corrected chi connectivity index (χ2v) is 8.80.